The van der Waals surface area contributed by atoms with Gasteiger partial charge in [-0.05, 0) is 43.7 Å². The van der Waals surface area contributed by atoms with E-state index >= 15 is 0 Å². The van der Waals surface area contributed by atoms with E-state index in [1.54, 1.807) is 37.3 Å². The molecule has 0 spiro atoms. The predicted octanol–water partition coefficient (Wildman–Crippen LogP) is 4.25. The van der Waals surface area contributed by atoms with E-state index in [0.29, 0.717) is 33.9 Å². The maximum absolute atomic E-state index is 13.1. The average Bonchev–Trinajstić information content (AvgIpc) is 3.29. The van der Waals surface area contributed by atoms with Gasteiger partial charge in [-0.15, -0.1) is 0 Å². The second-order valence-electron chi connectivity index (χ2n) is 6.75. The molecule has 0 N–H and O–H groups in total. The number of aryl methyl sites for hydroxylation is 1. The number of aromatic nitrogens is 1. The SMILES string of the molecule is CO/N=C(/C(=O)OC)c1cccc(C)c1CO/N=C(\C)c1cc(-c2ccc(F)cc2)on1. The molecule has 0 fully saturated rings. The van der Waals surface area contributed by atoms with Crippen molar-refractivity contribution in [2.45, 2.75) is 20.5 Å². The zero-order valence-corrected chi connectivity index (χ0v) is 18.1. The summed E-state index contributed by atoms with van der Waals surface area (Å²) in [6.07, 6.45) is 0. The van der Waals surface area contributed by atoms with E-state index in [-0.39, 0.29) is 18.1 Å². The topological polar surface area (TPSA) is 95.5 Å². The molecule has 3 rings (SSSR count). The summed E-state index contributed by atoms with van der Waals surface area (Å²) in [5, 5.41) is 11.9. The molecule has 32 heavy (non-hydrogen) atoms. The highest BCUT2D eigenvalue weighted by molar-refractivity contribution is 6.43. The number of halogens is 1. The molecule has 2 aromatic carbocycles. The van der Waals surface area contributed by atoms with Crippen molar-refractivity contribution in [1.82, 2.24) is 5.16 Å². The molecule has 3 aromatic rings. The van der Waals surface area contributed by atoms with E-state index in [0.717, 1.165) is 5.56 Å². The van der Waals surface area contributed by atoms with Gasteiger partial charge in [0.1, 0.15) is 30.9 Å². The number of nitrogens with zero attached hydrogens (tertiary/aromatic N) is 3. The van der Waals surface area contributed by atoms with E-state index in [1.807, 2.05) is 13.0 Å². The molecule has 0 unspecified atom stereocenters. The highest BCUT2D eigenvalue weighted by atomic mass is 19.1. The van der Waals surface area contributed by atoms with Crippen molar-refractivity contribution in [2.24, 2.45) is 10.3 Å². The third kappa shape index (κ3) is 5.18. The van der Waals surface area contributed by atoms with Crippen LogP contribution in [0.1, 0.15) is 29.3 Å². The first kappa shape index (κ1) is 22.7. The first-order valence-corrected chi connectivity index (χ1v) is 9.62. The Morgan fingerprint density at radius 3 is 2.56 bits per heavy atom. The van der Waals surface area contributed by atoms with Gasteiger partial charge in [0.25, 0.3) is 0 Å². The van der Waals surface area contributed by atoms with Gasteiger partial charge in [0, 0.05) is 22.8 Å². The number of benzene rings is 2. The number of methoxy groups -OCH3 is 1. The van der Waals surface area contributed by atoms with E-state index in [1.165, 1.54) is 26.4 Å². The zero-order valence-electron chi connectivity index (χ0n) is 18.1. The van der Waals surface area contributed by atoms with Crippen LogP contribution in [0.2, 0.25) is 0 Å². The fourth-order valence-electron chi connectivity index (χ4n) is 2.94. The maximum atomic E-state index is 13.1. The van der Waals surface area contributed by atoms with Crippen LogP contribution in [-0.4, -0.2) is 36.8 Å². The van der Waals surface area contributed by atoms with Crippen LogP contribution in [0.25, 0.3) is 11.3 Å². The molecule has 0 bridgehead atoms. The fraction of sp³-hybridized carbons (Fsp3) is 0.217. The van der Waals surface area contributed by atoms with Crippen molar-refractivity contribution in [3.63, 3.8) is 0 Å². The molecule has 166 valence electrons. The molecular formula is C23H22FN3O5. The number of hydrogen-bond donors (Lipinski definition) is 0. The lowest BCUT2D eigenvalue weighted by Gasteiger charge is -2.12. The van der Waals surface area contributed by atoms with Gasteiger partial charge in [-0.25, -0.2) is 9.18 Å². The lowest BCUT2D eigenvalue weighted by molar-refractivity contribution is -0.132. The third-order valence-corrected chi connectivity index (χ3v) is 4.65. The van der Waals surface area contributed by atoms with Crippen LogP contribution >= 0.6 is 0 Å². The number of carbonyl (C=O) groups excluding carboxylic acids is 1. The van der Waals surface area contributed by atoms with E-state index in [4.69, 9.17) is 18.9 Å². The predicted molar refractivity (Wildman–Crippen MR) is 116 cm³/mol. The normalized spacial score (nSPS) is 11.9. The molecule has 1 aromatic heterocycles. The molecule has 0 amide bonds. The molecule has 9 heteroatoms. The van der Waals surface area contributed by atoms with Crippen molar-refractivity contribution in [3.8, 4) is 11.3 Å². The molecular weight excluding hydrogens is 417 g/mol. The number of esters is 1. The van der Waals surface area contributed by atoms with Crippen LogP contribution < -0.4 is 0 Å². The van der Waals surface area contributed by atoms with E-state index < -0.39 is 5.97 Å². The van der Waals surface area contributed by atoms with Crippen LogP contribution in [-0.2, 0) is 25.8 Å². The van der Waals surface area contributed by atoms with Gasteiger partial charge in [-0.2, -0.15) is 0 Å². The van der Waals surface area contributed by atoms with Crippen LogP contribution in [0.5, 0.6) is 0 Å². The second-order valence-corrected chi connectivity index (χ2v) is 6.75. The van der Waals surface area contributed by atoms with Gasteiger partial charge in [0.05, 0.1) is 7.11 Å². The van der Waals surface area contributed by atoms with Crippen LogP contribution in [0, 0.1) is 12.7 Å². The number of oxime groups is 2. The monoisotopic (exact) mass is 439 g/mol. The molecule has 0 radical (unpaired) electrons. The molecule has 0 saturated heterocycles. The molecule has 8 nitrogen and oxygen atoms in total. The molecule has 0 atom stereocenters. The fourth-order valence-corrected chi connectivity index (χ4v) is 2.94. The van der Waals surface area contributed by atoms with Crippen molar-refractivity contribution in [3.05, 3.63) is 76.7 Å². The highest BCUT2D eigenvalue weighted by Crippen LogP contribution is 2.21. The largest absolute Gasteiger partial charge is 0.464 e. The van der Waals surface area contributed by atoms with E-state index in [9.17, 15) is 9.18 Å². The first-order chi connectivity index (χ1) is 15.4. The smallest absolute Gasteiger partial charge is 0.360 e. The van der Waals surface area contributed by atoms with Gasteiger partial charge in [-0.1, -0.05) is 33.7 Å². The lowest BCUT2D eigenvalue weighted by Crippen LogP contribution is -2.20. The summed E-state index contributed by atoms with van der Waals surface area (Å²) in [6, 6.07) is 13.0. The summed E-state index contributed by atoms with van der Waals surface area (Å²) in [7, 11) is 2.62. The minimum absolute atomic E-state index is 0.0263. The Labute approximate surface area is 184 Å². The lowest BCUT2D eigenvalue weighted by atomic mass is 9.99. The quantitative estimate of drug-likeness (QED) is 0.296. The maximum Gasteiger partial charge on any atom is 0.360 e. The summed E-state index contributed by atoms with van der Waals surface area (Å²) in [6.45, 7) is 3.67. The van der Waals surface area contributed by atoms with E-state index in [2.05, 4.69) is 15.5 Å². The van der Waals surface area contributed by atoms with Crippen molar-refractivity contribution in [1.29, 1.82) is 0 Å². The van der Waals surface area contributed by atoms with Crippen molar-refractivity contribution >= 4 is 17.4 Å². The van der Waals surface area contributed by atoms with Gasteiger partial charge < -0.3 is 18.9 Å². The number of carbonyl (C=O) groups is 1. The van der Waals surface area contributed by atoms with Crippen molar-refractivity contribution < 1.29 is 28.1 Å². The number of ether oxygens (including phenoxy) is 1. The minimum atomic E-state index is -0.630. The van der Waals surface area contributed by atoms with Gasteiger partial charge in [0.2, 0.25) is 0 Å². The van der Waals surface area contributed by atoms with Gasteiger partial charge >= 0.3 is 5.97 Å². The first-order valence-electron chi connectivity index (χ1n) is 9.62. The Morgan fingerprint density at radius 1 is 1.12 bits per heavy atom. The molecule has 0 aliphatic rings. The van der Waals surface area contributed by atoms with Gasteiger partial charge in [0.15, 0.2) is 11.5 Å². The number of rotatable bonds is 8. The Hall–Kier alpha value is -4.01. The Balaban J connectivity index is 1.78. The molecule has 0 saturated carbocycles. The Bertz CT molecular complexity index is 1150. The van der Waals surface area contributed by atoms with Crippen LogP contribution in [0.4, 0.5) is 4.39 Å². The average molecular weight is 439 g/mol. The summed E-state index contributed by atoms with van der Waals surface area (Å²) >= 11 is 0. The van der Waals surface area contributed by atoms with Crippen LogP contribution in [0.3, 0.4) is 0 Å². The number of hydrogen-bond acceptors (Lipinski definition) is 8. The zero-order chi connectivity index (χ0) is 23.1. The summed E-state index contributed by atoms with van der Waals surface area (Å²) < 4.78 is 23.2. The minimum Gasteiger partial charge on any atom is -0.464 e. The molecule has 0 aliphatic heterocycles. The summed E-state index contributed by atoms with van der Waals surface area (Å²) in [5.41, 5.74) is 3.78. The Kier molecular flexibility index (Phi) is 7.33. The molecule has 0 aliphatic carbocycles. The van der Waals surface area contributed by atoms with Gasteiger partial charge in [-0.3, -0.25) is 0 Å². The van der Waals surface area contributed by atoms with Crippen LogP contribution in [0.15, 0.2) is 63.4 Å². The van der Waals surface area contributed by atoms with Crippen molar-refractivity contribution in [2.75, 3.05) is 14.2 Å². The standard InChI is InChI=1S/C23H22FN3O5/c1-14-6-5-7-18(22(27-30-4)23(28)29-3)19(14)13-31-25-15(2)20-12-21(32-26-20)16-8-10-17(24)11-9-16/h5-12H,13H2,1-4H3/b25-15+,27-22+. The Morgan fingerprint density at radius 2 is 1.88 bits per heavy atom. The summed E-state index contributed by atoms with van der Waals surface area (Å²) in [4.78, 5) is 22.5. The highest BCUT2D eigenvalue weighted by Gasteiger charge is 2.20. The summed E-state index contributed by atoms with van der Waals surface area (Å²) in [5.74, 6) is -0.482. The third-order valence-electron chi connectivity index (χ3n) is 4.65. The molecule has 1 heterocycles. The second kappa shape index (κ2) is 10.3.